The Kier molecular flexibility index (Phi) is 4.51. The number of nitrogens with zero attached hydrogens (tertiary/aromatic N) is 4. The van der Waals surface area contributed by atoms with Gasteiger partial charge in [0, 0.05) is 37.9 Å². The quantitative estimate of drug-likeness (QED) is 0.375. The van der Waals surface area contributed by atoms with Gasteiger partial charge >= 0.3 is 6.18 Å². The summed E-state index contributed by atoms with van der Waals surface area (Å²) in [5.74, 6) is 0.625. The molecular weight excluding hydrogens is 287 g/mol. The van der Waals surface area contributed by atoms with Gasteiger partial charge in [-0.3, -0.25) is 4.90 Å². The average molecular weight is 303 g/mol. The zero-order valence-corrected chi connectivity index (χ0v) is 11.2. The molecule has 0 spiro atoms. The minimum Gasteiger partial charge on any atom is -0.409 e. The van der Waals surface area contributed by atoms with Crippen LogP contribution in [0, 0.1) is 0 Å². The maximum atomic E-state index is 12.3. The van der Waals surface area contributed by atoms with Crippen LogP contribution in [0.4, 0.5) is 19.0 Å². The molecule has 0 amide bonds. The van der Waals surface area contributed by atoms with E-state index in [2.05, 4.69) is 10.1 Å². The number of pyridine rings is 1. The second-order valence-corrected chi connectivity index (χ2v) is 4.77. The third-order valence-corrected chi connectivity index (χ3v) is 3.25. The van der Waals surface area contributed by atoms with E-state index >= 15 is 0 Å². The van der Waals surface area contributed by atoms with Gasteiger partial charge in [-0.05, 0) is 12.1 Å². The topological polar surface area (TPSA) is 78.0 Å². The van der Waals surface area contributed by atoms with E-state index in [0.29, 0.717) is 37.6 Å². The Morgan fingerprint density at radius 3 is 2.43 bits per heavy atom. The lowest BCUT2D eigenvalue weighted by Crippen LogP contribution is -2.49. The fourth-order valence-corrected chi connectivity index (χ4v) is 2.17. The first-order valence-corrected chi connectivity index (χ1v) is 6.37. The predicted molar refractivity (Wildman–Crippen MR) is 71.5 cm³/mol. The summed E-state index contributed by atoms with van der Waals surface area (Å²) in [6, 6.07) is 3.35. The summed E-state index contributed by atoms with van der Waals surface area (Å²) in [4.78, 5) is 7.47. The van der Waals surface area contributed by atoms with Gasteiger partial charge in [0.05, 0.1) is 6.54 Å². The lowest BCUT2D eigenvalue weighted by molar-refractivity contribution is -0.146. The van der Waals surface area contributed by atoms with E-state index in [1.54, 1.807) is 12.1 Å². The zero-order valence-electron chi connectivity index (χ0n) is 11.2. The molecule has 0 aliphatic carbocycles. The number of piperazine rings is 1. The van der Waals surface area contributed by atoms with Crippen molar-refractivity contribution < 1.29 is 18.4 Å². The number of aromatic nitrogens is 1. The molecule has 9 heteroatoms. The lowest BCUT2D eigenvalue weighted by atomic mass is 10.2. The monoisotopic (exact) mass is 303 g/mol. The minimum absolute atomic E-state index is 0.0379. The lowest BCUT2D eigenvalue weighted by Gasteiger charge is -2.35. The Morgan fingerprint density at radius 2 is 1.95 bits per heavy atom. The SMILES string of the molecule is NC(=NO)c1ccc(N2CCN(CC(F)(F)F)CC2)nc1. The molecule has 116 valence electrons. The van der Waals surface area contributed by atoms with Crippen LogP contribution < -0.4 is 10.6 Å². The van der Waals surface area contributed by atoms with E-state index in [-0.39, 0.29) is 5.84 Å². The summed E-state index contributed by atoms with van der Waals surface area (Å²) in [6.45, 7) is 0.751. The molecular formula is C12H16F3N5O. The standard InChI is InChI=1S/C12H16F3N5O/c13-12(14,15)8-19-3-5-20(6-4-19)10-2-1-9(7-17-10)11(16)18-21/h1-2,7,21H,3-6,8H2,(H2,16,18). The number of hydrogen-bond donors (Lipinski definition) is 2. The molecule has 1 aromatic heterocycles. The third kappa shape index (κ3) is 4.22. The Labute approximate surface area is 119 Å². The van der Waals surface area contributed by atoms with Crippen LogP contribution in [-0.2, 0) is 0 Å². The molecule has 0 aromatic carbocycles. The number of anilines is 1. The van der Waals surface area contributed by atoms with Crippen molar-refractivity contribution in [3.8, 4) is 0 Å². The molecule has 1 fully saturated rings. The van der Waals surface area contributed by atoms with Gasteiger partial charge in [-0.15, -0.1) is 0 Å². The summed E-state index contributed by atoms with van der Waals surface area (Å²) in [5.41, 5.74) is 5.92. The molecule has 0 bridgehead atoms. The van der Waals surface area contributed by atoms with Gasteiger partial charge in [-0.25, -0.2) is 4.98 Å². The Bertz CT molecular complexity index is 495. The molecule has 2 rings (SSSR count). The van der Waals surface area contributed by atoms with E-state index in [1.807, 2.05) is 4.90 Å². The normalized spacial score (nSPS) is 18.0. The predicted octanol–water partition coefficient (Wildman–Crippen LogP) is 0.860. The van der Waals surface area contributed by atoms with Crippen LogP contribution in [0.1, 0.15) is 5.56 Å². The van der Waals surface area contributed by atoms with Crippen molar-refractivity contribution in [2.24, 2.45) is 10.9 Å². The molecule has 1 aliphatic rings. The Balaban J connectivity index is 1.93. The van der Waals surface area contributed by atoms with Gasteiger partial charge in [-0.2, -0.15) is 13.2 Å². The maximum Gasteiger partial charge on any atom is 0.401 e. The van der Waals surface area contributed by atoms with Gasteiger partial charge in [0.15, 0.2) is 5.84 Å². The molecule has 6 nitrogen and oxygen atoms in total. The van der Waals surface area contributed by atoms with Gasteiger partial charge in [0.25, 0.3) is 0 Å². The second-order valence-electron chi connectivity index (χ2n) is 4.77. The van der Waals surface area contributed by atoms with Crippen LogP contribution in [0.25, 0.3) is 0 Å². The fraction of sp³-hybridized carbons (Fsp3) is 0.500. The molecule has 1 aliphatic heterocycles. The van der Waals surface area contributed by atoms with Gasteiger partial charge in [-0.1, -0.05) is 5.16 Å². The van der Waals surface area contributed by atoms with Crippen molar-refractivity contribution >= 4 is 11.7 Å². The summed E-state index contributed by atoms with van der Waals surface area (Å²) < 4.78 is 36.9. The van der Waals surface area contributed by atoms with Crippen LogP contribution in [0.15, 0.2) is 23.5 Å². The number of rotatable bonds is 3. The molecule has 2 heterocycles. The van der Waals surface area contributed by atoms with Crippen molar-refractivity contribution in [2.45, 2.75) is 6.18 Å². The van der Waals surface area contributed by atoms with E-state index in [0.717, 1.165) is 0 Å². The van der Waals surface area contributed by atoms with Crippen molar-refractivity contribution in [3.63, 3.8) is 0 Å². The van der Waals surface area contributed by atoms with Crippen LogP contribution in [0.3, 0.4) is 0 Å². The van der Waals surface area contributed by atoms with E-state index in [9.17, 15) is 13.2 Å². The number of amidine groups is 1. The average Bonchev–Trinajstić information content (AvgIpc) is 2.46. The Hall–Kier alpha value is -2.03. The number of nitrogens with two attached hydrogens (primary N) is 1. The summed E-state index contributed by atoms with van der Waals surface area (Å²) >= 11 is 0. The van der Waals surface area contributed by atoms with Crippen molar-refractivity contribution in [1.29, 1.82) is 0 Å². The number of oxime groups is 1. The minimum atomic E-state index is -4.16. The first kappa shape index (κ1) is 15.4. The molecule has 0 saturated carbocycles. The fourth-order valence-electron chi connectivity index (χ4n) is 2.17. The van der Waals surface area contributed by atoms with Gasteiger partial charge in [0.2, 0.25) is 0 Å². The first-order valence-electron chi connectivity index (χ1n) is 6.37. The van der Waals surface area contributed by atoms with Crippen LogP contribution in [0.5, 0.6) is 0 Å². The summed E-state index contributed by atoms with van der Waals surface area (Å²) in [6.07, 6.45) is -2.70. The Morgan fingerprint density at radius 1 is 1.29 bits per heavy atom. The smallest absolute Gasteiger partial charge is 0.401 e. The third-order valence-electron chi connectivity index (χ3n) is 3.25. The largest absolute Gasteiger partial charge is 0.409 e. The van der Waals surface area contributed by atoms with E-state index < -0.39 is 12.7 Å². The first-order chi connectivity index (χ1) is 9.89. The van der Waals surface area contributed by atoms with E-state index in [1.165, 1.54) is 11.1 Å². The molecule has 1 saturated heterocycles. The molecule has 0 radical (unpaired) electrons. The highest BCUT2D eigenvalue weighted by Gasteiger charge is 2.32. The van der Waals surface area contributed by atoms with Crippen molar-refractivity contribution in [2.75, 3.05) is 37.6 Å². The molecule has 21 heavy (non-hydrogen) atoms. The van der Waals surface area contributed by atoms with E-state index in [4.69, 9.17) is 10.9 Å². The second kappa shape index (κ2) is 6.17. The highest BCUT2D eigenvalue weighted by molar-refractivity contribution is 5.96. The van der Waals surface area contributed by atoms with Crippen molar-refractivity contribution in [1.82, 2.24) is 9.88 Å². The highest BCUT2D eigenvalue weighted by Crippen LogP contribution is 2.19. The van der Waals surface area contributed by atoms with Crippen molar-refractivity contribution in [3.05, 3.63) is 23.9 Å². The molecule has 0 unspecified atom stereocenters. The number of alkyl halides is 3. The summed E-state index contributed by atoms with van der Waals surface area (Å²) in [7, 11) is 0. The highest BCUT2D eigenvalue weighted by atomic mass is 19.4. The molecule has 1 aromatic rings. The van der Waals surface area contributed by atoms with Gasteiger partial charge in [0.1, 0.15) is 5.82 Å². The van der Waals surface area contributed by atoms with Crippen LogP contribution in [-0.4, -0.2) is 59.8 Å². The van der Waals surface area contributed by atoms with Crippen LogP contribution >= 0.6 is 0 Å². The maximum absolute atomic E-state index is 12.3. The van der Waals surface area contributed by atoms with Gasteiger partial charge < -0.3 is 15.8 Å². The summed E-state index contributed by atoms with van der Waals surface area (Å²) in [5, 5.41) is 11.4. The zero-order chi connectivity index (χ0) is 15.5. The van der Waals surface area contributed by atoms with Crippen LogP contribution in [0.2, 0.25) is 0 Å². The number of hydrogen-bond acceptors (Lipinski definition) is 5. The molecule has 3 N–H and O–H groups in total. The number of halogens is 3. The molecule has 0 atom stereocenters.